The predicted molar refractivity (Wildman–Crippen MR) is 81.7 cm³/mol. The molecule has 0 bridgehead atoms. The Bertz CT molecular complexity index is 456. The summed E-state index contributed by atoms with van der Waals surface area (Å²) >= 11 is 0. The van der Waals surface area contributed by atoms with Gasteiger partial charge in [0.2, 0.25) is 0 Å². The number of hydrogen-bond donors (Lipinski definition) is 1. The van der Waals surface area contributed by atoms with Gasteiger partial charge in [-0.2, -0.15) is 5.10 Å². The molecule has 0 saturated heterocycles. The average molecular weight is 296 g/mol. The minimum atomic E-state index is -0.732. The molecule has 1 rings (SSSR count). The standard InChI is InChI=1S/C15H28N4O2/c1-6-21-14(20)15(9-16,7-11(2)3)8-13-17-10-18-19(13)12(4)5/h10-12H,6-9,16H2,1-5H3. The summed E-state index contributed by atoms with van der Waals surface area (Å²) in [6, 6.07) is 0.194. The zero-order chi connectivity index (χ0) is 16.0. The SMILES string of the molecule is CCOC(=O)C(CN)(Cc1ncnn1C(C)C)CC(C)C. The van der Waals surface area contributed by atoms with Crippen LogP contribution in [0.4, 0.5) is 0 Å². The van der Waals surface area contributed by atoms with E-state index in [1.54, 1.807) is 0 Å². The second-order valence-corrected chi connectivity index (χ2v) is 6.19. The molecule has 0 fully saturated rings. The minimum absolute atomic E-state index is 0.194. The highest BCUT2D eigenvalue weighted by atomic mass is 16.5. The van der Waals surface area contributed by atoms with Crippen LogP contribution in [0.25, 0.3) is 0 Å². The quantitative estimate of drug-likeness (QED) is 0.741. The number of ether oxygens (including phenoxy) is 1. The third-order valence-corrected chi connectivity index (χ3v) is 3.53. The Kier molecular flexibility index (Phi) is 6.33. The van der Waals surface area contributed by atoms with Gasteiger partial charge in [0.15, 0.2) is 0 Å². The van der Waals surface area contributed by atoms with Crippen molar-refractivity contribution in [2.45, 2.75) is 53.5 Å². The number of aromatic nitrogens is 3. The normalized spacial score (nSPS) is 14.5. The van der Waals surface area contributed by atoms with Crippen molar-refractivity contribution in [1.29, 1.82) is 0 Å². The highest BCUT2D eigenvalue weighted by Crippen LogP contribution is 2.31. The van der Waals surface area contributed by atoms with Gasteiger partial charge in [0, 0.05) is 19.0 Å². The van der Waals surface area contributed by atoms with Crippen LogP contribution in [-0.4, -0.2) is 33.9 Å². The zero-order valence-corrected chi connectivity index (χ0v) is 13.8. The Morgan fingerprint density at radius 1 is 1.43 bits per heavy atom. The molecule has 2 N–H and O–H groups in total. The summed E-state index contributed by atoms with van der Waals surface area (Å²) in [5.74, 6) is 0.886. The Morgan fingerprint density at radius 3 is 2.57 bits per heavy atom. The van der Waals surface area contributed by atoms with Gasteiger partial charge in [0.25, 0.3) is 0 Å². The second kappa shape index (κ2) is 7.54. The van der Waals surface area contributed by atoms with Crippen molar-refractivity contribution >= 4 is 5.97 Å². The maximum absolute atomic E-state index is 12.5. The summed E-state index contributed by atoms with van der Waals surface area (Å²) in [4.78, 5) is 16.8. The van der Waals surface area contributed by atoms with Gasteiger partial charge >= 0.3 is 5.97 Å². The lowest BCUT2D eigenvalue weighted by atomic mass is 9.77. The summed E-state index contributed by atoms with van der Waals surface area (Å²) in [6.07, 6.45) is 2.66. The third kappa shape index (κ3) is 4.27. The first-order valence-corrected chi connectivity index (χ1v) is 7.62. The molecule has 0 aliphatic carbocycles. The molecule has 1 atom stereocenters. The largest absolute Gasteiger partial charge is 0.466 e. The summed E-state index contributed by atoms with van der Waals surface area (Å²) < 4.78 is 7.11. The number of esters is 1. The molecular weight excluding hydrogens is 268 g/mol. The summed E-state index contributed by atoms with van der Waals surface area (Å²) in [7, 11) is 0. The van der Waals surface area contributed by atoms with E-state index in [4.69, 9.17) is 10.5 Å². The van der Waals surface area contributed by atoms with Gasteiger partial charge in [-0.05, 0) is 33.1 Å². The van der Waals surface area contributed by atoms with Crippen molar-refractivity contribution < 1.29 is 9.53 Å². The first-order valence-electron chi connectivity index (χ1n) is 7.62. The zero-order valence-electron chi connectivity index (χ0n) is 13.8. The molecule has 0 saturated carbocycles. The molecule has 1 unspecified atom stereocenters. The molecule has 21 heavy (non-hydrogen) atoms. The molecule has 1 aromatic rings. The molecule has 1 heterocycles. The van der Waals surface area contributed by atoms with Crippen molar-refractivity contribution in [3.63, 3.8) is 0 Å². The third-order valence-electron chi connectivity index (χ3n) is 3.53. The number of hydrogen-bond acceptors (Lipinski definition) is 5. The fraction of sp³-hybridized carbons (Fsp3) is 0.800. The smallest absolute Gasteiger partial charge is 0.313 e. The highest BCUT2D eigenvalue weighted by molar-refractivity contribution is 5.77. The molecular formula is C15H28N4O2. The first kappa shape index (κ1) is 17.6. The van der Waals surface area contributed by atoms with Crippen molar-refractivity contribution in [3.05, 3.63) is 12.2 Å². The maximum Gasteiger partial charge on any atom is 0.313 e. The van der Waals surface area contributed by atoms with Gasteiger partial charge in [-0.25, -0.2) is 9.67 Å². The topological polar surface area (TPSA) is 83.0 Å². The Morgan fingerprint density at radius 2 is 2.10 bits per heavy atom. The highest BCUT2D eigenvalue weighted by Gasteiger charge is 2.40. The Labute approximate surface area is 127 Å². The monoisotopic (exact) mass is 296 g/mol. The van der Waals surface area contributed by atoms with Crippen molar-refractivity contribution in [2.24, 2.45) is 17.1 Å². The van der Waals surface area contributed by atoms with Gasteiger partial charge in [-0.15, -0.1) is 0 Å². The lowest BCUT2D eigenvalue weighted by molar-refractivity contribution is -0.156. The van der Waals surface area contributed by atoms with E-state index in [0.717, 1.165) is 5.82 Å². The van der Waals surface area contributed by atoms with E-state index in [1.807, 2.05) is 25.5 Å². The van der Waals surface area contributed by atoms with Crippen LogP contribution in [0.15, 0.2) is 6.33 Å². The minimum Gasteiger partial charge on any atom is -0.466 e. The van der Waals surface area contributed by atoms with Gasteiger partial charge < -0.3 is 10.5 Å². The van der Waals surface area contributed by atoms with E-state index >= 15 is 0 Å². The van der Waals surface area contributed by atoms with E-state index in [9.17, 15) is 4.79 Å². The number of carbonyl (C=O) groups excluding carboxylic acids is 1. The number of nitrogens with zero attached hydrogens (tertiary/aromatic N) is 3. The summed E-state index contributed by atoms with van der Waals surface area (Å²) in [5, 5.41) is 4.23. The molecule has 6 heteroatoms. The first-order chi connectivity index (χ1) is 9.86. The van der Waals surface area contributed by atoms with Gasteiger partial charge in [0.1, 0.15) is 12.2 Å². The van der Waals surface area contributed by atoms with Crippen LogP contribution in [0.5, 0.6) is 0 Å². The second-order valence-electron chi connectivity index (χ2n) is 6.19. The van der Waals surface area contributed by atoms with Crippen LogP contribution in [0.1, 0.15) is 52.9 Å². The molecule has 0 aromatic carbocycles. The summed E-state index contributed by atoms with van der Waals surface area (Å²) in [5.41, 5.74) is 5.24. The van der Waals surface area contributed by atoms with Crippen LogP contribution >= 0.6 is 0 Å². The predicted octanol–water partition coefficient (Wildman–Crippen LogP) is 1.96. The van der Waals surface area contributed by atoms with E-state index in [2.05, 4.69) is 23.9 Å². The van der Waals surface area contributed by atoms with Crippen LogP contribution in [0, 0.1) is 11.3 Å². The Hall–Kier alpha value is -1.43. The van der Waals surface area contributed by atoms with Crippen molar-refractivity contribution in [1.82, 2.24) is 14.8 Å². The fourth-order valence-corrected chi connectivity index (χ4v) is 2.67. The van der Waals surface area contributed by atoms with Crippen LogP contribution in [-0.2, 0) is 16.0 Å². The maximum atomic E-state index is 12.5. The number of carbonyl (C=O) groups is 1. The lowest BCUT2D eigenvalue weighted by Crippen LogP contribution is -2.43. The van der Waals surface area contributed by atoms with Crippen molar-refractivity contribution in [2.75, 3.05) is 13.2 Å². The molecule has 6 nitrogen and oxygen atoms in total. The van der Waals surface area contributed by atoms with E-state index in [0.29, 0.717) is 25.4 Å². The van der Waals surface area contributed by atoms with Crippen LogP contribution < -0.4 is 5.73 Å². The number of rotatable bonds is 8. The molecule has 0 spiro atoms. The summed E-state index contributed by atoms with van der Waals surface area (Å²) in [6.45, 7) is 10.6. The fourth-order valence-electron chi connectivity index (χ4n) is 2.67. The molecule has 0 aliphatic heterocycles. The van der Waals surface area contributed by atoms with Gasteiger partial charge in [0.05, 0.1) is 12.0 Å². The van der Waals surface area contributed by atoms with Crippen molar-refractivity contribution in [3.8, 4) is 0 Å². The number of nitrogens with two attached hydrogens (primary N) is 1. The molecule has 0 amide bonds. The average Bonchev–Trinajstić information content (AvgIpc) is 2.85. The van der Waals surface area contributed by atoms with Gasteiger partial charge in [-0.3, -0.25) is 4.79 Å². The molecule has 0 aliphatic rings. The molecule has 120 valence electrons. The molecule has 1 aromatic heterocycles. The van der Waals surface area contributed by atoms with Crippen LogP contribution in [0.3, 0.4) is 0 Å². The lowest BCUT2D eigenvalue weighted by Gasteiger charge is -2.31. The van der Waals surface area contributed by atoms with Crippen LogP contribution in [0.2, 0.25) is 0 Å². The van der Waals surface area contributed by atoms with Gasteiger partial charge in [-0.1, -0.05) is 13.8 Å². The molecule has 0 radical (unpaired) electrons. The Balaban J connectivity index is 3.11. The van der Waals surface area contributed by atoms with E-state index in [-0.39, 0.29) is 18.6 Å². The van der Waals surface area contributed by atoms with E-state index < -0.39 is 5.41 Å². The van der Waals surface area contributed by atoms with E-state index in [1.165, 1.54) is 6.33 Å².